The average molecular weight is 644 g/mol. The van der Waals surface area contributed by atoms with Gasteiger partial charge < -0.3 is 0 Å². The molecule has 0 atom stereocenters. The fourth-order valence-electron chi connectivity index (χ4n) is 6.42. The maximum atomic E-state index is 5.06. The normalized spacial score (nSPS) is 11.3. The highest BCUT2D eigenvalue weighted by Crippen LogP contribution is 2.37. The van der Waals surface area contributed by atoms with E-state index in [4.69, 9.17) is 15.0 Å². The standard InChI is InChI=1S/C45H29N3S/c1-3-11-30(12-4-1)34-15-9-17-37(27-34)44-46-43(47-45(48-44)38-18-10-16-35(28-38)31-13-5-2-6-14-31)33-23-21-32(22-24-33)36-25-26-40-39-19-7-8-20-41(39)49-42(40)29-36/h1-29H. The summed E-state index contributed by atoms with van der Waals surface area (Å²) in [6.07, 6.45) is 0. The van der Waals surface area contributed by atoms with Gasteiger partial charge in [0.1, 0.15) is 0 Å². The van der Waals surface area contributed by atoms with E-state index in [0.717, 1.165) is 44.5 Å². The Kier molecular flexibility index (Phi) is 7.34. The van der Waals surface area contributed by atoms with Crippen LogP contribution < -0.4 is 0 Å². The number of hydrogen-bond acceptors (Lipinski definition) is 4. The van der Waals surface area contributed by atoms with Crippen LogP contribution in [0.25, 0.3) is 87.7 Å². The van der Waals surface area contributed by atoms with Gasteiger partial charge >= 0.3 is 0 Å². The van der Waals surface area contributed by atoms with Crippen LogP contribution in [0.5, 0.6) is 0 Å². The molecular weight excluding hydrogens is 615 g/mol. The van der Waals surface area contributed by atoms with Crippen molar-refractivity contribution in [3.8, 4) is 67.5 Å². The summed E-state index contributed by atoms with van der Waals surface area (Å²) in [6, 6.07) is 61.6. The van der Waals surface area contributed by atoms with Crippen molar-refractivity contribution in [2.45, 2.75) is 0 Å². The molecule has 9 aromatic rings. The summed E-state index contributed by atoms with van der Waals surface area (Å²) in [5.41, 5.74) is 9.72. The summed E-state index contributed by atoms with van der Waals surface area (Å²) in [5, 5.41) is 2.62. The van der Waals surface area contributed by atoms with Gasteiger partial charge in [0, 0.05) is 36.9 Å². The zero-order chi connectivity index (χ0) is 32.6. The van der Waals surface area contributed by atoms with Crippen LogP contribution in [0, 0.1) is 0 Å². The van der Waals surface area contributed by atoms with Crippen molar-refractivity contribution in [2.24, 2.45) is 0 Å². The third-order valence-electron chi connectivity index (χ3n) is 8.95. The van der Waals surface area contributed by atoms with Crippen LogP contribution >= 0.6 is 11.3 Å². The minimum atomic E-state index is 0.640. The lowest BCUT2D eigenvalue weighted by Gasteiger charge is -2.11. The van der Waals surface area contributed by atoms with Gasteiger partial charge in [-0.3, -0.25) is 0 Å². The molecule has 4 heteroatoms. The van der Waals surface area contributed by atoms with Crippen molar-refractivity contribution in [1.29, 1.82) is 0 Å². The predicted molar refractivity (Wildman–Crippen MR) is 205 cm³/mol. The van der Waals surface area contributed by atoms with Crippen molar-refractivity contribution < 1.29 is 0 Å². The maximum absolute atomic E-state index is 5.06. The molecule has 0 amide bonds. The third-order valence-corrected chi connectivity index (χ3v) is 10.1. The van der Waals surface area contributed by atoms with Gasteiger partial charge in [-0.25, -0.2) is 15.0 Å². The molecule has 0 bridgehead atoms. The number of rotatable bonds is 6. The smallest absolute Gasteiger partial charge is 0.164 e. The second kappa shape index (κ2) is 12.4. The van der Waals surface area contributed by atoms with E-state index in [0.29, 0.717) is 17.5 Å². The van der Waals surface area contributed by atoms with Crippen LogP contribution in [0.15, 0.2) is 176 Å². The zero-order valence-electron chi connectivity index (χ0n) is 26.5. The Bertz CT molecular complexity index is 2490. The van der Waals surface area contributed by atoms with Crippen LogP contribution in [0.3, 0.4) is 0 Å². The quantitative estimate of drug-likeness (QED) is 0.181. The molecule has 0 fully saturated rings. The Balaban J connectivity index is 1.13. The third kappa shape index (κ3) is 5.69. The summed E-state index contributed by atoms with van der Waals surface area (Å²) in [6.45, 7) is 0. The lowest BCUT2D eigenvalue weighted by atomic mass is 10.0. The fourth-order valence-corrected chi connectivity index (χ4v) is 7.56. The van der Waals surface area contributed by atoms with E-state index in [1.165, 1.54) is 25.7 Å². The Morgan fingerprint density at radius 2 is 0.673 bits per heavy atom. The number of hydrogen-bond donors (Lipinski definition) is 0. The van der Waals surface area contributed by atoms with Crippen molar-refractivity contribution >= 4 is 31.5 Å². The van der Waals surface area contributed by atoms with Gasteiger partial charge in [-0.05, 0) is 57.6 Å². The number of thiophene rings is 1. The number of nitrogens with zero attached hydrogens (tertiary/aromatic N) is 3. The Hall–Kier alpha value is -6.23. The molecule has 9 rings (SSSR count). The molecular formula is C45H29N3S. The van der Waals surface area contributed by atoms with Crippen LogP contribution in [-0.4, -0.2) is 15.0 Å². The van der Waals surface area contributed by atoms with Crippen molar-refractivity contribution in [2.75, 3.05) is 0 Å². The second-order valence-corrected chi connectivity index (χ2v) is 13.2. The van der Waals surface area contributed by atoms with E-state index in [9.17, 15) is 0 Å². The van der Waals surface area contributed by atoms with E-state index in [1.807, 2.05) is 23.5 Å². The Labute approximate surface area is 288 Å². The van der Waals surface area contributed by atoms with Crippen LogP contribution in [0.2, 0.25) is 0 Å². The van der Waals surface area contributed by atoms with Gasteiger partial charge in [0.15, 0.2) is 17.5 Å². The van der Waals surface area contributed by atoms with E-state index < -0.39 is 0 Å². The molecule has 0 spiro atoms. The highest BCUT2D eigenvalue weighted by atomic mass is 32.1. The largest absolute Gasteiger partial charge is 0.208 e. The lowest BCUT2D eigenvalue weighted by molar-refractivity contribution is 1.07. The van der Waals surface area contributed by atoms with Crippen molar-refractivity contribution in [3.63, 3.8) is 0 Å². The van der Waals surface area contributed by atoms with Gasteiger partial charge in [-0.1, -0.05) is 152 Å². The van der Waals surface area contributed by atoms with Crippen molar-refractivity contribution in [1.82, 2.24) is 15.0 Å². The summed E-state index contributed by atoms with van der Waals surface area (Å²) in [7, 11) is 0. The monoisotopic (exact) mass is 643 g/mol. The molecule has 3 nitrogen and oxygen atoms in total. The Morgan fingerprint density at radius 3 is 1.29 bits per heavy atom. The van der Waals surface area contributed by atoms with E-state index in [1.54, 1.807) is 0 Å². The summed E-state index contributed by atoms with van der Waals surface area (Å²) in [4.78, 5) is 15.2. The molecule has 0 saturated heterocycles. The van der Waals surface area contributed by atoms with E-state index >= 15 is 0 Å². The first-order chi connectivity index (χ1) is 24.2. The van der Waals surface area contributed by atoms with Gasteiger partial charge in [0.05, 0.1) is 0 Å². The molecule has 0 aliphatic rings. The zero-order valence-corrected chi connectivity index (χ0v) is 27.3. The SMILES string of the molecule is c1ccc(-c2cccc(-c3nc(-c4ccc(-c5ccc6c(c5)sc5ccccc56)cc4)nc(-c4cccc(-c5ccccc5)c4)n3)c2)cc1. The predicted octanol–water partition coefficient (Wildman–Crippen LogP) is 12.2. The highest BCUT2D eigenvalue weighted by molar-refractivity contribution is 7.25. The van der Waals surface area contributed by atoms with Gasteiger partial charge in [0.25, 0.3) is 0 Å². The molecule has 49 heavy (non-hydrogen) atoms. The first kappa shape index (κ1) is 29.0. The molecule has 2 heterocycles. The Morgan fingerprint density at radius 1 is 0.265 bits per heavy atom. The second-order valence-electron chi connectivity index (χ2n) is 12.1. The van der Waals surface area contributed by atoms with Gasteiger partial charge in [-0.15, -0.1) is 11.3 Å². The number of benzene rings is 7. The molecule has 0 N–H and O–H groups in total. The molecule has 0 aliphatic heterocycles. The molecule has 0 unspecified atom stereocenters. The summed E-state index contributed by atoms with van der Waals surface area (Å²) >= 11 is 1.84. The summed E-state index contributed by atoms with van der Waals surface area (Å²) < 4.78 is 2.61. The van der Waals surface area contributed by atoms with Gasteiger partial charge in [-0.2, -0.15) is 0 Å². The maximum Gasteiger partial charge on any atom is 0.164 e. The lowest BCUT2D eigenvalue weighted by Crippen LogP contribution is -2.00. The fraction of sp³-hybridized carbons (Fsp3) is 0. The van der Waals surface area contributed by atoms with Crippen LogP contribution in [0.4, 0.5) is 0 Å². The molecule has 7 aromatic carbocycles. The minimum absolute atomic E-state index is 0.640. The van der Waals surface area contributed by atoms with E-state index in [-0.39, 0.29) is 0 Å². The molecule has 230 valence electrons. The minimum Gasteiger partial charge on any atom is -0.208 e. The molecule has 0 aliphatic carbocycles. The number of aromatic nitrogens is 3. The molecule has 0 radical (unpaired) electrons. The highest BCUT2D eigenvalue weighted by Gasteiger charge is 2.14. The summed E-state index contributed by atoms with van der Waals surface area (Å²) in [5.74, 6) is 1.92. The average Bonchev–Trinajstić information content (AvgIpc) is 3.57. The van der Waals surface area contributed by atoms with Crippen LogP contribution in [-0.2, 0) is 0 Å². The number of fused-ring (bicyclic) bond motifs is 3. The first-order valence-corrected chi connectivity index (χ1v) is 17.2. The van der Waals surface area contributed by atoms with Gasteiger partial charge in [0.2, 0.25) is 0 Å². The topological polar surface area (TPSA) is 38.7 Å². The van der Waals surface area contributed by atoms with Crippen LogP contribution in [0.1, 0.15) is 0 Å². The first-order valence-electron chi connectivity index (χ1n) is 16.4. The van der Waals surface area contributed by atoms with E-state index in [2.05, 4.69) is 164 Å². The molecule has 2 aromatic heterocycles. The van der Waals surface area contributed by atoms with Crippen molar-refractivity contribution in [3.05, 3.63) is 176 Å². The molecule has 0 saturated carbocycles.